The van der Waals surface area contributed by atoms with Gasteiger partial charge in [0.15, 0.2) is 5.60 Å². The third kappa shape index (κ3) is 8.12. The Labute approximate surface area is 273 Å². The Kier molecular flexibility index (Phi) is 10.4. The third-order valence-electron chi connectivity index (χ3n) is 9.37. The molecule has 2 fully saturated rings. The second-order valence-electron chi connectivity index (χ2n) is 14.5. The van der Waals surface area contributed by atoms with E-state index in [0.29, 0.717) is 42.6 Å². The molecule has 1 aliphatic carbocycles. The summed E-state index contributed by atoms with van der Waals surface area (Å²) in [6.45, 7) is 10.4. The summed E-state index contributed by atoms with van der Waals surface area (Å²) in [5.74, 6) is 8.04. The average Bonchev–Trinajstić information content (AvgIpc) is 3.55. The first-order chi connectivity index (χ1) is 22.0. The van der Waals surface area contributed by atoms with Gasteiger partial charge < -0.3 is 19.0 Å². The van der Waals surface area contributed by atoms with Crippen molar-refractivity contribution in [3.8, 4) is 11.8 Å². The quantitative estimate of drug-likeness (QED) is 0.125. The molecule has 244 valence electrons. The lowest BCUT2D eigenvalue weighted by molar-refractivity contribution is -0.177. The predicted molar refractivity (Wildman–Crippen MR) is 180 cm³/mol. The van der Waals surface area contributed by atoms with E-state index in [1.165, 1.54) is 5.56 Å². The van der Waals surface area contributed by atoms with Gasteiger partial charge in [0.05, 0.1) is 12.0 Å². The molecule has 46 heavy (non-hydrogen) atoms. The maximum absolute atomic E-state index is 13.5. The van der Waals surface area contributed by atoms with Crippen molar-refractivity contribution in [2.75, 3.05) is 13.2 Å². The third-order valence-corrected chi connectivity index (χ3v) is 9.37. The highest BCUT2D eigenvalue weighted by Crippen LogP contribution is 2.46. The second kappa shape index (κ2) is 14.3. The minimum absolute atomic E-state index is 0.169. The summed E-state index contributed by atoms with van der Waals surface area (Å²) in [5.41, 5.74) is 2.42. The van der Waals surface area contributed by atoms with Gasteiger partial charge in [0.25, 0.3) is 0 Å². The number of aryl methyl sites for hydroxylation is 1. The largest absolute Gasteiger partial charge is 0.461 e. The monoisotopic (exact) mass is 624 g/mol. The molecular weight excluding hydrogens is 576 g/mol. The number of ether oxygens (including phenoxy) is 2. The number of hydrogen-bond donors (Lipinski definition) is 1. The second-order valence-corrected chi connectivity index (χ2v) is 14.5. The Morgan fingerprint density at radius 1 is 1.00 bits per heavy atom. The van der Waals surface area contributed by atoms with Crippen molar-refractivity contribution in [1.29, 1.82) is 0 Å². The Bertz CT molecular complexity index is 1620. The summed E-state index contributed by atoms with van der Waals surface area (Å²) in [4.78, 5) is 26.4. The van der Waals surface area contributed by atoms with Crippen molar-refractivity contribution in [1.82, 2.24) is 0 Å². The number of cyclic esters (lactones) is 1. The zero-order valence-corrected chi connectivity index (χ0v) is 28.0. The first-order valence-corrected chi connectivity index (χ1v) is 16.8. The van der Waals surface area contributed by atoms with Gasteiger partial charge in [0.1, 0.15) is 18.0 Å². The standard InChI is InChI=1S/C40H48O6/c1-27(2)19-32(20-28(3)4)13-15-33-23-40(25-41,46-37(33)42)26-44-38(43)39(17-6-18-39)24-35-22-34-21-31(14-16-36(34)45-35)12-11-30-9-7-29(5)8-10-30/h7-10,14-16,21-22,27-28,32,41H,6,13,17-20,23-26H2,1-5H3/b33-15+/t40-/m1/s1. The average molecular weight is 625 g/mol. The zero-order valence-electron chi connectivity index (χ0n) is 28.0. The predicted octanol–water partition coefficient (Wildman–Crippen LogP) is 8.10. The molecule has 1 aliphatic heterocycles. The Morgan fingerprint density at radius 3 is 2.30 bits per heavy atom. The lowest BCUT2D eigenvalue weighted by atomic mass is 9.66. The number of furan rings is 1. The van der Waals surface area contributed by atoms with Gasteiger partial charge >= 0.3 is 11.9 Å². The van der Waals surface area contributed by atoms with E-state index in [4.69, 9.17) is 13.9 Å². The number of benzene rings is 2. The highest BCUT2D eigenvalue weighted by Gasteiger charge is 2.49. The molecule has 5 rings (SSSR count). The van der Waals surface area contributed by atoms with Crippen molar-refractivity contribution in [3.63, 3.8) is 0 Å². The number of aliphatic hydroxyl groups is 1. The number of allylic oxidation sites excluding steroid dienone is 1. The van der Waals surface area contributed by atoms with Crippen molar-refractivity contribution in [2.24, 2.45) is 23.2 Å². The molecule has 0 radical (unpaired) electrons. The zero-order chi connectivity index (χ0) is 32.9. The van der Waals surface area contributed by atoms with Gasteiger partial charge in [-0.3, -0.25) is 4.79 Å². The molecule has 3 aromatic rings. The molecule has 2 heterocycles. The Morgan fingerprint density at radius 2 is 1.67 bits per heavy atom. The van der Waals surface area contributed by atoms with Crippen LogP contribution in [0.4, 0.5) is 0 Å². The topological polar surface area (TPSA) is 86.0 Å². The number of rotatable bonds is 12. The first-order valence-electron chi connectivity index (χ1n) is 16.8. The number of esters is 2. The number of fused-ring (bicyclic) bond motifs is 1. The molecule has 1 aromatic heterocycles. The van der Waals surface area contributed by atoms with E-state index >= 15 is 0 Å². The lowest BCUT2D eigenvalue weighted by Gasteiger charge is -2.39. The Hall–Kier alpha value is -3.82. The van der Waals surface area contributed by atoms with Crippen LogP contribution in [0.1, 0.15) is 95.1 Å². The maximum atomic E-state index is 13.5. The molecule has 0 spiro atoms. The van der Waals surface area contributed by atoms with Crippen molar-refractivity contribution >= 4 is 22.9 Å². The normalized spacial score (nSPS) is 19.8. The van der Waals surface area contributed by atoms with Gasteiger partial charge in [-0.1, -0.05) is 69.7 Å². The van der Waals surface area contributed by atoms with E-state index in [1.807, 2.05) is 54.6 Å². The summed E-state index contributed by atoms with van der Waals surface area (Å²) in [5, 5.41) is 11.2. The van der Waals surface area contributed by atoms with Gasteiger partial charge in [-0.25, -0.2) is 4.79 Å². The van der Waals surface area contributed by atoms with E-state index in [-0.39, 0.29) is 19.0 Å². The first kappa shape index (κ1) is 33.5. The maximum Gasteiger partial charge on any atom is 0.334 e. The van der Waals surface area contributed by atoms with Crippen LogP contribution in [0, 0.1) is 41.9 Å². The van der Waals surface area contributed by atoms with E-state index in [9.17, 15) is 14.7 Å². The molecule has 1 N–H and O–H groups in total. The van der Waals surface area contributed by atoms with Crippen LogP contribution in [-0.2, 0) is 25.5 Å². The van der Waals surface area contributed by atoms with Crippen LogP contribution in [0.15, 0.2) is 64.6 Å². The number of aliphatic hydroxyl groups excluding tert-OH is 1. The smallest absolute Gasteiger partial charge is 0.334 e. The van der Waals surface area contributed by atoms with E-state index in [0.717, 1.165) is 53.5 Å². The fourth-order valence-electron chi connectivity index (χ4n) is 6.80. The van der Waals surface area contributed by atoms with Crippen LogP contribution in [0.3, 0.4) is 0 Å². The van der Waals surface area contributed by atoms with Crippen molar-refractivity contribution in [2.45, 2.75) is 91.6 Å². The van der Waals surface area contributed by atoms with Crippen LogP contribution in [0.2, 0.25) is 0 Å². The summed E-state index contributed by atoms with van der Waals surface area (Å²) < 4.78 is 17.7. The molecular formula is C40H48O6. The molecule has 2 aliphatic rings. The highest BCUT2D eigenvalue weighted by molar-refractivity contribution is 5.91. The van der Waals surface area contributed by atoms with Crippen molar-refractivity contribution < 1.29 is 28.6 Å². The molecule has 0 bridgehead atoms. The lowest BCUT2D eigenvalue weighted by Crippen LogP contribution is -2.45. The molecule has 1 saturated carbocycles. The van der Waals surface area contributed by atoms with E-state index in [2.05, 4.69) is 46.5 Å². The fraction of sp³-hybridized carbons (Fsp3) is 0.500. The minimum Gasteiger partial charge on any atom is -0.461 e. The number of hydrogen-bond acceptors (Lipinski definition) is 6. The summed E-state index contributed by atoms with van der Waals surface area (Å²) in [6, 6.07) is 16.0. The fourth-order valence-corrected chi connectivity index (χ4v) is 6.80. The molecule has 2 aromatic carbocycles. The van der Waals surface area contributed by atoms with Crippen LogP contribution in [-0.4, -0.2) is 35.9 Å². The molecule has 1 saturated heterocycles. The van der Waals surface area contributed by atoms with Crippen LogP contribution >= 0.6 is 0 Å². The van der Waals surface area contributed by atoms with E-state index < -0.39 is 23.6 Å². The van der Waals surface area contributed by atoms with Gasteiger partial charge in [-0.15, -0.1) is 0 Å². The van der Waals surface area contributed by atoms with Crippen LogP contribution < -0.4 is 0 Å². The molecule has 0 unspecified atom stereocenters. The SMILES string of the molecule is Cc1ccc(C#Cc2ccc3oc(CC4(C(=O)OC[C@]5(CO)C/C(=C\CC(CC(C)C)CC(C)C)C(=O)O5)CCC4)cc3c2)cc1. The molecule has 1 atom stereocenters. The van der Waals surface area contributed by atoms with Gasteiger partial charge in [0.2, 0.25) is 0 Å². The van der Waals surface area contributed by atoms with Crippen LogP contribution in [0.5, 0.6) is 0 Å². The summed E-state index contributed by atoms with van der Waals surface area (Å²) in [7, 11) is 0. The summed E-state index contributed by atoms with van der Waals surface area (Å²) >= 11 is 0. The van der Waals surface area contributed by atoms with Gasteiger partial charge in [-0.2, -0.15) is 0 Å². The summed E-state index contributed by atoms with van der Waals surface area (Å²) in [6.07, 6.45) is 7.93. The van der Waals surface area contributed by atoms with Gasteiger partial charge in [0, 0.05) is 34.9 Å². The number of carbonyl (C=O) groups is 2. The Balaban J connectivity index is 1.22. The van der Waals surface area contributed by atoms with E-state index in [1.54, 1.807) is 0 Å². The highest BCUT2D eigenvalue weighted by atomic mass is 16.6. The van der Waals surface area contributed by atoms with Gasteiger partial charge in [-0.05, 0) is 93.2 Å². The molecule has 0 amide bonds. The minimum atomic E-state index is -1.25. The molecule has 6 heteroatoms. The van der Waals surface area contributed by atoms with Crippen molar-refractivity contribution in [3.05, 3.63) is 82.6 Å². The molecule has 6 nitrogen and oxygen atoms in total. The van der Waals surface area contributed by atoms with Crippen LogP contribution in [0.25, 0.3) is 11.0 Å². The number of carbonyl (C=O) groups excluding carboxylic acids is 2.